The summed E-state index contributed by atoms with van der Waals surface area (Å²) in [6, 6.07) is 15.8. The average molecular weight is 448 g/mol. The average Bonchev–Trinajstić information content (AvgIpc) is 3.19. The van der Waals surface area contributed by atoms with Crippen molar-refractivity contribution in [2.45, 2.75) is 24.8 Å². The summed E-state index contributed by atoms with van der Waals surface area (Å²) in [6.45, 7) is 2.60. The lowest BCUT2D eigenvalue weighted by Gasteiger charge is -2.28. The van der Waals surface area contributed by atoms with Crippen LogP contribution in [0.15, 0.2) is 65.7 Å². The molecule has 2 aromatic heterocycles. The standard InChI is InChI=1S/C23H21N5O3S/c1-15-21-12-19(13-24-22(21)27-26-15)25-23(29)17-7-4-8-20(11-17)32(30,31)28-10-9-16-5-2-3-6-18(16)14-28/h2-8,11-13H,9-10,14H2,1H3,(H,25,29)(H,24,26,27). The van der Waals surface area contributed by atoms with Crippen molar-refractivity contribution in [3.8, 4) is 0 Å². The molecule has 1 aliphatic heterocycles. The van der Waals surface area contributed by atoms with E-state index in [4.69, 9.17) is 0 Å². The number of carbonyl (C=O) groups excluding carboxylic acids is 1. The number of aromatic amines is 1. The van der Waals surface area contributed by atoms with Crippen LogP contribution < -0.4 is 5.32 Å². The number of aryl methyl sites for hydroxylation is 1. The van der Waals surface area contributed by atoms with Crippen LogP contribution in [-0.2, 0) is 23.0 Å². The number of benzene rings is 2. The molecule has 0 spiro atoms. The highest BCUT2D eigenvalue weighted by molar-refractivity contribution is 7.89. The van der Waals surface area contributed by atoms with Crippen LogP contribution in [0.2, 0.25) is 0 Å². The maximum Gasteiger partial charge on any atom is 0.255 e. The van der Waals surface area contributed by atoms with Gasteiger partial charge >= 0.3 is 0 Å². The maximum absolute atomic E-state index is 13.3. The van der Waals surface area contributed by atoms with Gasteiger partial charge in [0.1, 0.15) is 0 Å². The number of H-pyrrole nitrogens is 1. The largest absolute Gasteiger partial charge is 0.321 e. The van der Waals surface area contributed by atoms with Crippen LogP contribution in [0.3, 0.4) is 0 Å². The molecule has 0 radical (unpaired) electrons. The van der Waals surface area contributed by atoms with Crippen LogP contribution in [-0.4, -0.2) is 40.4 Å². The first-order valence-corrected chi connectivity index (χ1v) is 11.6. The Balaban J connectivity index is 1.38. The monoisotopic (exact) mass is 447 g/mol. The molecule has 5 rings (SSSR count). The third-order valence-corrected chi connectivity index (χ3v) is 7.53. The van der Waals surface area contributed by atoms with Gasteiger partial charge in [0.05, 0.1) is 16.8 Å². The molecule has 9 heteroatoms. The molecule has 3 heterocycles. The Morgan fingerprint density at radius 2 is 1.91 bits per heavy atom. The first kappa shape index (κ1) is 20.3. The minimum Gasteiger partial charge on any atom is -0.321 e. The summed E-state index contributed by atoms with van der Waals surface area (Å²) in [6.07, 6.45) is 2.19. The second-order valence-electron chi connectivity index (χ2n) is 7.78. The summed E-state index contributed by atoms with van der Waals surface area (Å²) in [5, 5.41) is 10.5. The molecule has 32 heavy (non-hydrogen) atoms. The van der Waals surface area contributed by atoms with Gasteiger partial charge in [0, 0.05) is 29.7 Å². The van der Waals surface area contributed by atoms with Crippen molar-refractivity contribution in [1.29, 1.82) is 0 Å². The van der Waals surface area contributed by atoms with Gasteiger partial charge in [0.15, 0.2) is 5.65 Å². The fourth-order valence-electron chi connectivity index (χ4n) is 3.91. The molecule has 0 saturated carbocycles. The lowest BCUT2D eigenvalue weighted by molar-refractivity contribution is 0.102. The van der Waals surface area contributed by atoms with E-state index in [9.17, 15) is 13.2 Å². The first-order valence-electron chi connectivity index (χ1n) is 10.2. The zero-order valence-corrected chi connectivity index (χ0v) is 18.2. The smallest absolute Gasteiger partial charge is 0.255 e. The van der Waals surface area contributed by atoms with Crippen molar-refractivity contribution < 1.29 is 13.2 Å². The second kappa shape index (κ2) is 7.85. The van der Waals surface area contributed by atoms with Gasteiger partial charge in [-0.2, -0.15) is 9.40 Å². The third kappa shape index (κ3) is 3.65. The topological polar surface area (TPSA) is 108 Å². The van der Waals surface area contributed by atoms with Gasteiger partial charge in [-0.15, -0.1) is 0 Å². The predicted molar refractivity (Wildman–Crippen MR) is 121 cm³/mol. The summed E-state index contributed by atoms with van der Waals surface area (Å²) >= 11 is 0. The summed E-state index contributed by atoms with van der Waals surface area (Å²) in [7, 11) is -3.73. The van der Waals surface area contributed by atoms with Crippen LogP contribution in [0.4, 0.5) is 5.69 Å². The number of hydrogen-bond donors (Lipinski definition) is 2. The van der Waals surface area contributed by atoms with Crippen LogP contribution in [0.5, 0.6) is 0 Å². The zero-order valence-electron chi connectivity index (χ0n) is 17.4. The molecule has 0 unspecified atom stereocenters. The van der Waals surface area contributed by atoms with E-state index in [1.807, 2.05) is 31.2 Å². The quantitative estimate of drug-likeness (QED) is 0.499. The molecule has 0 fully saturated rings. The number of amides is 1. The number of nitrogens with zero attached hydrogens (tertiary/aromatic N) is 3. The molecule has 0 bridgehead atoms. The molecule has 8 nitrogen and oxygen atoms in total. The van der Waals surface area contributed by atoms with Crippen LogP contribution in [0, 0.1) is 6.92 Å². The molecular weight excluding hydrogens is 426 g/mol. The Morgan fingerprint density at radius 3 is 2.75 bits per heavy atom. The summed E-state index contributed by atoms with van der Waals surface area (Å²) < 4.78 is 28.0. The van der Waals surface area contributed by atoms with Gasteiger partial charge in [0.25, 0.3) is 5.91 Å². The van der Waals surface area contributed by atoms with Gasteiger partial charge in [-0.05, 0) is 48.7 Å². The number of fused-ring (bicyclic) bond motifs is 2. The Bertz CT molecular complexity index is 1450. The van der Waals surface area contributed by atoms with Crippen LogP contribution in [0.1, 0.15) is 27.2 Å². The van der Waals surface area contributed by atoms with Crippen molar-refractivity contribution >= 4 is 32.7 Å². The third-order valence-electron chi connectivity index (χ3n) is 5.69. The van der Waals surface area contributed by atoms with Gasteiger partial charge in [-0.1, -0.05) is 30.3 Å². The predicted octanol–water partition coefficient (Wildman–Crippen LogP) is 3.27. The van der Waals surface area contributed by atoms with E-state index >= 15 is 0 Å². The molecule has 0 saturated heterocycles. The second-order valence-corrected chi connectivity index (χ2v) is 9.72. The minimum absolute atomic E-state index is 0.101. The number of aromatic nitrogens is 3. The first-order chi connectivity index (χ1) is 15.4. The SMILES string of the molecule is Cc1[nH]nc2ncc(NC(=O)c3cccc(S(=O)(=O)N4CCc5ccccc5C4)c3)cc12. The summed E-state index contributed by atoms with van der Waals surface area (Å²) in [5.74, 6) is -0.409. The Morgan fingerprint density at radius 1 is 1.09 bits per heavy atom. The molecule has 4 aromatic rings. The van der Waals surface area contributed by atoms with Gasteiger partial charge in [-0.25, -0.2) is 13.4 Å². The number of hydrogen-bond acceptors (Lipinski definition) is 5. The van der Waals surface area contributed by atoms with Crippen molar-refractivity contribution in [3.05, 3.63) is 83.2 Å². The van der Waals surface area contributed by atoms with Crippen molar-refractivity contribution in [2.75, 3.05) is 11.9 Å². The van der Waals surface area contributed by atoms with Crippen molar-refractivity contribution in [2.24, 2.45) is 0 Å². The molecule has 1 aliphatic rings. The lowest BCUT2D eigenvalue weighted by Crippen LogP contribution is -2.36. The molecule has 2 aromatic carbocycles. The van der Waals surface area contributed by atoms with Crippen molar-refractivity contribution in [1.82, 2.24) is 19.5 Å². The Hall–Kier alpha value is -3.56. The zero-order chi connectivity index (χ0) is 22.3. The van der Waals surface area contributed by atoms with Gasteiger partial charge < -0.3 is 5.32 Å². The Kier molecular flexibility index (Phi) is 4.99. The van der Waals surface area contributed by atoms with Gasteiger partial charge in [0.2, 0.25) is 10.0 Å². The Labute approximate surface area is 185 Å². The summed E-state index contributed by atoms with van der Waals surface area (Å²) in [5.41, 5.74) is 4.36. The van der Waals surface area contributed by atoms with E-state index in [-0.39, 0.29) is 10.5 Å². The number of carbonyl (C=O) groups is 1. The van der Waals surface area contributed by atoms with Gasteiger partial charge in [-0.3, -0.25) is 9.89 Å². The normalized spacial score (nSPS) is 14.3. The molecule has 2 N–H and O–H groups in total. The number of anilines is 1. The lowest BCUT2D eigenvalue weighted by atomic mass is 10.0. The van der Waals surface area contributed by atoms with E-state index < -0.39 is 15.9 Å². The molecule has 0 atom stereocenters. The molecular formula is C23H21N5O3S. The number of rotatable bonds is 4. The molecule has 0 aliphatic carbocycles. The van der Waals surface area contributed by atoms with E-state index in [2.05, 4.69) is 20.5 Å². The summed E-state index contributed by atoms with van der Waals surface area (Å²) in [4.78, 5) is 17.1. The number of pyridine rings is 1. The molecule has 162 valence electrons. The minimum atomic E-state index is -3.73. The van der Waals surface area contributed by atoms with E-state index in [0.717, 1.165) is 16.6 Å². The highest BCUT2D eigenvalue weighted by Crippen LogP contribution is 2.26. The van der Waals surface area contributed by atoms with Crippen LogP contribution >= 0.6 is 0 Å². The maximum atomic E-state index is 13.3. The fraction of sp³-hybridized carbons (Fsp3) is 0.174. The molecule has 1 amide bonds. The van der Waals surface area contributed by atoms with E-state index in [0.29, 0.717) is 30.8 Å². The van der Waals surface area contributed by atoms with Crippen LogP contribution in [0.25, 0.3) is 11.0 Å². The van der Waals surface area contributed by atoms with E-state index in [1.54, 1.807) is 18.2 Å². The van der Waals surface area contributed by atoms with Crippen molar-refractivity contribution in [3.63, 3.8) is 0 Å². The number of sulfonamides is 1. The highest BCUT2D eigenvalue weighted by Gasteiger charge is 2.28. The number of nitrogens with one attached hydrogen (secondary N) is 2. The highest BCUT2D eigenvalue weighted by atomic mass is 32.2. The fourth-order valence-corrected chi connectivity index (χ4v) is 5.38. The van der Waals surface area contributed by atoms with E-state index in [1.165, 1.54) is 28.2 Å².